The van der Waals surface area contributed by atoms with Crippen molar-refractivity contribution in [1.29, 1.82) is 0 Å². The lowest BCUT2D eigenvalue weighted by atomic mass is 9.90. The zero-order valence-electron chi connectivity index (χ0n) is 18.4. The maximum atomic E-state index is 14.4. The van der Waals surface area contributed by atoms with E-state index in [1.165, 1.54) is 12.1 Å². The predicted molar refractivity (Wildman–Crippen MR) is 122 cm³/mol. The van der Waals surface area contributed by atoms with Crippen LogP contribution in [0, 0.1) is 13.8 Å². The molecule has 14 heteroatoms. The van der Waals surface area contributed by atoms with Crippen LogP contribution in [-0.2, 0) is 10.5 Å². The third-order valence-corrected chi connectivity index (χ3v) is 6.55. The van der Waals surface area contributed by atoms with Gasteiger partial charge in [-0.2, -0.15) is 26.3 Å². The SMILES string of the molecule is Cc1cc(C(F)(C(F)(F)F)C(F)(F)F)cc(C)c1NC(=O)C1CSC(NC(=O)c2ccccc2Cl)=N1. The van der Waals surface area contributed by atoms with Crippen LogP contribution in [0.15, 0.2) is 41.4 Å². The maximum Gasteiger partial charge on any atom is 0.435 e. The van der Waals surface area contributed by atoms with Crippen molar-refractivity contribution in [2.45, 2.75) is 37.9 Å². The lowest BCUT2D eigenvalue weighted by Gasteiger charge is -2.31. The fourth-order valence-electron chi connectivity index (χ4n) is 3.44. The molecule has 194 valence electrons. The largest absolute Gasteiger partial charge is 0.435 e. The molecule has 2 aromatic carbocycles. The van der Waals surface area contributed by atoms with E-state index in [1.807, 2.05) is 0 Å². The molecule has 0 spiro atoms. The molecule has 2 N–H and O–H groups in total. The summed E-state index contributed by atoms with van der Waals surface area (Å²) in [6, 6.07) is 6.02. The number of nitrogens with one attached hydrogen (secondary N) is 2. The van der Waals surface area contributed by atoms with E-state index < -0.39 is 41.4 Å². The number of aliphatic imine (C=N–C) groups is 1. The molecule has 0 fully saturated rings. The van der Waals surface area contributed by atoms with E-state index in [0.717, 1.165) is 25.6 Å². The van der Waals surface area contributed by atoms with Crippen molar-refractivity contribution in [2.24, 2.45) is 4.99 Å². The molecule has 0 saturated carbocycles. The molecule has 0 bridgehead atoms. The van der Waals surface area contributed by atoms with Gasteiger partial charge < -0.3 is 10.6 Å². The Morgan fingerprint density at radius 2 is 1.53 bits per heavy atom. The molecule has 5 nitrogen and oxygen atoms in total. The fourth-order valence-corrected chi connectivity index (χ4v) is 4.57. The minimum Gasteiger partial charge on any atom is -0.324 e. The first-order valence-electron chi connectivity index (χ1n) is 10.1. The smallest absolute Gasteiger partial charge is 0.324 e. The first-order chi connectivity index (χ1) is 16.6. The summed E-state index contributed by atoms with van der Waals surface area (Å²) in [5.41, 5.74) is -7.55. The Kier molecular flexibility index (Phi) is 7.66. The number of carbonyl (C=O) groups is 2. The van der Waals surface area contributed by atoms with Gasteiger partial charge in [0.05, 0.1) is 10.6 Å². The van der Waals surface area contributed by atoms with Crippen molar-refractivity contribution < 1.29 is 40.3 Å². The van der Waals surface area contributed by atoms with Crippen LogP contribution in [-0.4, -0.2) is 41.1 Å². The van der Waals surface area contributed by atoms with E-state index in [2.05, 4.69) is 15.6 Å². The van der Waals surface area contributed by atoms with Crippen LogP contribution in [0.3, 0.4) is 0 Å². The van der Waals surface area contributed by atoms with Gasteiger partial charge in [0.1, 0.15) is 6.04 Å². The quantitative estimate of drug-likeness (QED) is 0.449. The molecular formula is C22H17ClF7N3O2S. The van der Waals surface area contributed by atoms with Gasteiger partial charge in [-0.05, 0) is 37.1 Å². The second-order valence-electron chi connectivity index (χ2n) is 7.82. The van der Waals surface area contributed by atoms with E-state index in [0.29, 0.717) is 12.1 Å². The molecule has 0 saturated heterocycles. The summed E-state index contributed by atoms with van der Waals surface area (Å²) in [5, 5.41) is 5.26. The van der Waals surface area contributed by atoms with Gasteiger partial charge in [-0.25, -0.2) is 9.38 Å². The van der Waals surface area contributed by atoms with Crippen molar-refractivity contribution in [2.75, 3.05) is 11.1 Å². The lowest BCUT2D eigenvalue weighted by Crippen LogP contribution is -2.50. The number of nitrogens with zero attached hydrogens (tertiary/aromatic N) is 1. The Morgan fingerprint density at radius 3 is 2.06 bits per heavy atom. The number of halogens is 8. The van der Waals surface area contributed by atoms with Gasteiger partial charge >= 0.3 is 18.0 Å². The number of hydrogen-bond donors (Lipinski definition) is 2. The van der Waals surface area contributed by atoms with Crippen LogP contribution in [0.25, 0.3) is 0 Å². The second-order valence-corrected chi connectivity index (χ2v) is 9.24. The number of amides is 2. The molecule has 1 heterocycles. The van der Waals surface area contributed by atoms with Gasteiger partial charge in [-0.15, -0.1) is 0 Å². The Hall–Kier alpha value is -2.80. The van der Waals surface area contributed by atoms with E-state index >= 15 is 0 Å². The highest BCUT2D eigenvalue weighted by molar-refractivity contribution is 8.14. The summed E-state index contributed by atoms with van der Waals surface area (Å²) in [7, 11) is 0. The monoisotopic (exact) mass is 555 g/mol. The van der Waals surface area contributed by atoms with Crippen LogP contribution in [0.1, 0.15) is 27.0 Å². The summed E-state index contributed by atoms with van der Waals surface area (Å²) in [6.45, 7) is 2.28. The van der Waals surface area contributed by atoms with Crippen LogP contribution >= 0.6 is 23.4 Å². The average molecular weight is 556 g/mol. The van der Waals surface area contributed by atoms with Crippen molar-refractivity contribution >= 4 is 46.0 Å². The fraction of sp³-hybridized carbons (Fsp3) is 0.318. The Morgan fingerprint density at radius 1 is 0.972 bits per heavy atom. The van der Waals surface area contributed by atoms with Crippen molar-refractivity contribution in [3.63, 3.8) is 0 Å². The number of alkyl halides is 7. The minimum atomic E-state index is -6.25. The number of aryl methyl sites for hydroxylation is 2. The number of amidine groups is 1. The molecule has 0 aromatic heterocycles. The van der Waals surface area contributed by atoms with Gasteiger partial charge in [-0.1, -0.05) is 47.6 Å². The zero-order valence-corrected chi connectivity index (χ0v) is 20.0. The summed E-state index contributed by atoms with van der Waals surface area (Å²) < 4.78 is 93.0. The maximum absolute atomic E-state index is 14.4. The van der Waals surface area contributed by atoms with Crippen LogP contribution in [0.2, 0.25) is 5.02 Å². The highest BCUT2D eigenvalue weighted by Gasteiger charge is 2.73. The summed E-state index contributed by atoms with van der Waals surface area (Å²) in [4.78, 5) is 29.1. The summed E-state index contributed by atoms with van der Waals surface area (Å²) in [5.74, 6) is -1.17. The first-order valence-corrected chi connectivity index (χ1v) is 11.4. The lowest BCUT2D eigenvalue weighted by molar-refractivity contribution is -0.348. The second kappa shape index (κ2) is 9.92. The Balaban J connectivity index is 1.79. The number of rotatable bonds is 4. The normalized spacial score (nSPS) is 16.5. The predicted octanol–water partition coefficient (Wildman–Crippen LogP) is 6.09. The van der Waals surface area contributed by atoms with E-state index in [-0.39, 0.29) is 38.3 Å². The van der Waals surface area contributed by atoms with Crippen LogP contribution in [0.4, 0.5) is 36.4 Å². The van der Waals surface area contributed by atoms with Crippen LogP contribution in [0.5, 0.6) is 0 Å². The van der Waals surface area contributed by atoms with Crippen LogP contribution < -0.4 is 10.6 Å². The number of carbonyl (C=O) groups excluding carboxylic acids is 2. The Bertz CT molecular complexity index is 1190. The van der Waals surface area contributed by atoms with Gasteiger partial charge in [0, 0.05) is 17.0 Å². The van der Waals surface area contributed by atoms with E-state index in [9.17, 15) is 40.3 Å². The third kappa shape index (κ3) is 5.31. The van der Waals surface area contributed by atoms with Gasteiger partial charge in [0.15, 0.2) is 5.17 Å². The standard InChI is InChI=1S/C22H17ClF7N3O2S/c1-10-7-12(20(24,21(25,26)27)22(28,29)30)8-11(2)16(10)32-18(35)15-9-36-19(31-15)33-17(34)13-5-3-4-6-14(13)23/h3-8,15H,9H2,1-2H3,(H,32,35)(H,31,33,34). The van der Waals surface area contributed by atoms with Crippen molar-refractivity contribution in [3.8, 4) is 0 Å². The van der Waals surface area contributed by atoms with Gasteiger partial charge in [0.2, 0.25) is 5.91 Å². The average Bonchev–Trinajstić information content (AvgIpc) is 3.22. The summed E-state index contributed by atoms with van der Waals surface area (Å²) in [6.07, 6.45) is -12.5. The molecule has 1 unspecified atom stereocenters. The number of benzene rings is 2. The molecule has 1 atom stereocenters. The number of thioether (sulfide) groups is 1. The summed E-state index contributed by atoms with van der Waals surface area (Å²) >= 11 is 7.03. The molecule has 0 aliphatic carbocycles. The van der Waals surface area contributed by atoms with Crippen molar-refractivity contribution in [1.82, 2.24) is 5.32 Å². The first kappa shape index (κ1) is 27.8. The van der Waals surface area contributed by atoms with Gasteiger partial charge in [0.25, 0.3) is 5.91 Å². The molecule has 3 rings (SSSR count). The molecule has 2 aromatic rings. The highest BCUT2D eigenvalue weighted by Crippen LogP contribution is 2.53. The van der Waals surface area contributed by atoms with Crippen molar-refractivity contribution in [3.05, 3.63) is 63.7 Å². The topological polar surface area (TPSA) is 70.6 Å². The molecule has 36 heavy (non-hydrogen) atoms. The molecular weight excluding hydrogens is 539 g/mol. The zero-order chi connectivity index (χ0) is 27.1. The third-order valence-electron chi connectivity index (χ3n) is 5.25. The molecule has 1 aliphatic rings. The molecule has 0 radical (unpaired) electrons. The molecule has 1 aliphatic heterocycles. The number of anilines is 1. The minimum absolute atomic E-state index is 0.0794. The Labute approximate surface area is 209 Å². The van der Waals surface area contributed by atoms with Gasteiger partial charge in [-0.3, -0.25) is 9.59 Å². The van der Waals surface area contributed by atoms with E-state index in [1.54, 1.807) is 12.1 Å². The van der Waals surface area contributed by atoms with E-state index in [4.69, 9.17) is 11.6 Å². The number of hydrogen-bond acceptors (Lipinski definition) is 4. The highest BCUT2D eigenvalue weighted by atomic mass is 35.5. The molecule has 2 amide bonds.